The van der Waals surface area contributed by atoms with E-state index >= 15 is 0 Å². The van der Waals surface area contributed by atoms with Crippen LogP contribution in [0.4, 0.5) is 0 Å². The summed E-state index contributed by atoms with van der Waals surface area (Å²) >= 11 is 5.24. The van der Waals surface area contributed by atoms with E-state index in [2.05, 4.69) is 204 Å². The largest absolute Gasteiger partial charge is 0.324 e. The lowest BCUT2D eigenvalue weighted by molar-refractivity contribution is 1.19. The van der Waals surface area contributed by atoms with Gasteiger partial charge in [-0.05, 0) is 33.4 Å². The number of H-pyrrole nitrogens is 2. The Labute approximate surface area is 429 Å². The Hall–Kier alpha value is -9.00. The average Bonchev–Trinajstić information content (AvgIpc) is 4.34. The van der Waals surface area contributed by atoms with E-state index < -0.39 is 0 Å². The van der Waals surface area contributed by atoms with Crippen LogP contribution in [0.15, 0.2) is 206 Å². The number of nitrogens with one attached hydrogen (secondary N) is 2. The van der Waals surface area contributed by atoms with Gasteiger partial charge in [0.25, 0.3) is 0 Å². The summed E-state index contributed by atoms with van der Waals surface area (Å²) in [7, 11) is 0. The highest BCUT2D eigenvalue weighted by Crippen LogP contribution is 2.55. The fourth-order valence-electron chi connectivity index (χ4n) is 10.3. The standard InChI is InChI=1S/C62H36N8S3/c1-7-21-35(22-8-1)49-43-45(51(71-49)37-25-11-3-12-26-37)59-66-57(43)64-55-41-33-19-20-34-42(41)56(63-55)65-58-44-46(52(38-27-13-4-14-28-38)72-50(44)36-23-9-2-10-24-36)60(67-58)69-62-48-47(61(68-59)70-62)53(39-29-15-5-16-30-39)73-54(48)40-31-17-6-18-32-40/h1-34,63H,(H,64,65,66,67,68,69,70). The molecule has 8 nitrogen and oxygen atoms in total. The molecule has 8 heterocycles. The maximum atomic E-state index is 5.73. The van der Waals surface area contributed by atoms with Crippen LogP contribution in [-0.4, -0.2) is 39.9 Å². The predicted molar refractivity (Wildman–Crippen MR) is 302 cm³/mol. The van der Waals surface area contributed by atoms with Gasteiger partial charge in [0.1, 0.15) is 22.6 Å². The first-order valence-electron chi connectivity index (χ1n) is 23.9. The maximum absolute atomic E-state index is 5.73. The number of fused-ring (bicyclic) bond motifs is 20. The van der Waals surface area contributed by atoms with Crippen molar-refractivity contribution >= 4 is 78.1 Å². The SMILES string of the molecule is c1ccc(-c2sc(-c3ccccc3)c3c2-c2nc-3nc3[nH]c(nc4nc(nc5[nH]c(n2)c2ccccc52)-c2c(-c5ccccc5)sc(-c5ccccc5)c2-4)c2c(-c4ccccc4)sc(-c4ccccc4)c32)cc1. The van der Waals surface area contributed by atoms with Crippen molar-refractivity contribution in [2.24, 2.45) is 0 Å². The van der Waals surface area contributed by atoms with Gasteiger partial charge in [-0.3, -0.25) is 0 Å². The van der Waals surface area contributed by atoms with Gasteiger partial charge >= 0.3 is 0 Å². The Bertz CT molecular complexity index is 4190. The third-order valence-corrected chi connectivity index (χ3v) is 17.4. The first kappa shape index (κ1) is 41.8. The minimum absolute atomic E-state index is 0.563. The molecule has 2 N–H and O–H groups in total. The molecule has 2 aliphatic heterocycles. The first-order chi connectivity index (χ1) is 36.2. The Morgan fingerprint density at radius 3 is 0.767 bits per heavy atom. The van der Waals surface area contributed by atoms with Crippen molar-refractivity contribution in [3.63, 3.8) is 0 Å². The highest BCUT2D eigenvalue weighted by atomic mass is 32.1. The van der Waals surface area contributed by atoms with Gasteiger partial charge in [0, 0.05) is 73.1 Å². The zero-order valence-corrected chi connectivity index (χ0v) is 41.0. The molecule has 0 spiro atoms. The summed E-state index contributed by atoms with van der Waals surface area (Å²) in [6, 6.07) is 71.6. The van der Waals surface area contributed by atoms with Crippen molar-refractivity contribution in [2.45, 2.75) is 0 Å². The van der Waals surface area contributed by atoms with Crippen LogP contribution in [0, 0.1) is 0 Å². The van der Waals surface area contributed by atoms with E-state index in [-0.39, 0.29) is 0 Å². The molecule has 15 rings (SSSR count). The van der Waals surface area contributed by atoms with Gasteiger partial charge in [-0.15, -0.1) is 34.0 Å². The van der Waals surface area contributed by atoms with Gasteiger partial charge in [-0.2, -0.15) is 0 Å². The molecule has 0 saturated heterocycles. The topological polar surface area (TPSA) is 109 Å². The van der Waals surface area contributed by atoms with E-state index in [1.807, 2.05) is 12.1 Å². The highest BCUT2D eigenvalue weighted by molar-refractivity contribution is 7.21. The molecule has 0 saturated carbocycles. The summed E-state index contributed by atoms with van der Waals surface area (Å²) in [4.78, 5) is 47.5. The van der Waals surface area contributed by atoms with Gasteiger partial charge < -0.3 is 9.97 Å². The van der Waals surface area contributed by atoms with Gasteiger partial charge in [-0.25, -0.2) is 29.9 Å². The second-order valence-electron chi connectivity index (χ2n) is 17.9. The van der Waals surface area contributed by atoms with Gasteiger partial charge in [0.05, 0.1) is 0 Å². The number of aromatic amines is 2. The minimum Gasteiger partial charge on any atom is -0.324 e. The molecule has 8 bridgehead atoms. The lowest BCUT2D eigenvalue weighted by Gasteiger charge is -2.01. The number of nitrogens with zero attached hydrogens (tertiary/aromatic N) is 6. The average molecular weight is 989 g/mol. The summed E-state index contributed by atoms with van der Waals surface area (Å²) in [5, 5.41) is 3.75. The van der Waals surface area contributed by atoms with E-state index in [0.29, 0.717) is 45.9 Å². The highest BCUT2D eigenvalue weighted by Gasteiger charge is 2.34. The molecule has 2 aliphatic rings. The third kappa shape index (κ3) is 6.78. The fraction of sp³-hybridized carbons (Fsp3) is 0. The monoisotopic (exact) mass is 988 g/mol. The van der Waals surface area contributed by atoms with Crippen molar-refractivity contribution in [3.8, 4) is 108 Å². The van der Waals surface area contributed by atoms with E-state index in [9.17, 15) is 0 Å². The van der Waals surface area contributed by atoms with Crippen LogP contribution < -0.4 is 0 Å². The molecule has 73 heavy (non-hydrogen) atoms. The summed E-state index contributed by atoms with van der Waals surface area (Å²) < 4.78 is 0. The van der Waals surface area contributed by atoms with E-state index in [0.717, 1.165) is 106 Å². The summed E-state index contributed by atoms with van der Waals surface area (Å²) in [6.07, 6.45) is 0. The Balaban J connectivity index is 1.16. The molecular weight excluding hydrogens is 953 g/mol. The van der Waals surface area contributed by atoms with Crippen molar-refractivity contribution in [1.82, 2.24) is 39.9 Å². The molecule has 0 radical (unpaired) electrons. The molecule has 6 aromatic heterocycles. The molecule has 7 aromatic carbocycles. The molecule has 0 atom stereocenters. The van der Waals surface area contributed by atoms with Crippen LogP contribution in [0.3, 0.4) is 0 Å². The number of rotatable bonds is 6. The molecule has 0 fully saturated rings. The van der Waals surface area contributed by atoms with Crippen LogP contribution in [0.2, 0.25) is 0 Å². The Kier molecular flexibility index (Phi) is 9.62. The molecular formula is C62H36N8S3. The molecule has 13 aromatic rings. The van der Waals surface area contributed by atoms with E-state index in [1.165, 1.54) is 0 Å². The molecule has 0 amide bonds. The van der Waals surface area contributed by atoms with Gasteiger partial charge in [0.2, 0.25) is 0 Å². The lowest BCUT2D eigenvalue weighted by atomic mass is 10.0. The first-order valence-corrected chi connectivity index (χ1v) is 26.4. The molecule has 11 heteroatoms. The van der Waals surface area contributed by atoms with Crippen LogP contribution >= 0.6 is 34.0 Å². The van der Waals surface area contributed by atoms with Crippen molar-refractivity contribution in [2.75, 3.05) is 0 Å². The zero-order chi connectivity index (χ0) is 48.0. The van der Waals surface area contributed by atoms with Crippen molar-refractivity contribution < 1.29 is 0 Å². The third-order valence-electron chi connectivity index (χ3n) is 13.5. The molecule has 0 aliphatic carbocycles. The van der Waals surface area contributed by atoms with E-state index in [1.54, 1.807) is 34.0 Å². The lowest BCUT2D eigenvalue weighted by Crippen LogP contribution is -1.85. The van der Waals surface area contributed by atoms with Crippen molar-refractivity contribution in [1.29, 1.82) is 0 Å². The maximum Gasteiger partial charge on any atom is 0.166 e. The van der Waals surface area contributed by atoms with Crippen LogP contribution in [0.1, 0.15) is 0 Å². The Morgan fingerprint density at radius 2 is 0.466 bits per heavy atom. The number of benzene rings is 7. The molecule has 342 valence electrons. The number of hydrogen-bond acceptors (Lipinski definition) is 9. The summed E-state index contributed by atoms with van der Waals surface area (Å²) in [5.41, 5.74) is 12.8. The van der Waals surface area contributed by atoms with Crippen LogP contribution in [-0.2, 0) is 0 Å². The van der Waals surface area contributed by atoms with E-state index in [4.69, 9.17) is 29.9 Å². The zero-order valence-electron chi connectivity index (χ0n) is 38.5. The van der Waals surface area contributed by atoms with Gasteiger partial charge in [-0.1, -0.05) is 206 Å². The van der Waals surface area contributed by atoms with Crippen LogP contribution in [0.5, 0.6) is 0 Å². The fourth-order valence-corrected chi connectivity index (χ4v) is 14.2. The summed E-state index contributed by atoms with van der Waals surface area (Å²) in [6.45, 7) is 0. The number of thiophene rings is 3. The minimum atomic E-state index is 0.563. The normalized spacial score (nSPS) is 11.8. The number of hydrogen-bond donors (Lipinski definition) is 2. The van der Waals surface area contributed by atoms with Crippen molar-refractivity contribution in [3.05, 3.63) is 206 Å². The molecule has 0 unspecified atom stereocenters. The van der Waals surface area contributed by atoms with Crippen LogP contribution in [0.25, 0.3) is 152 Å². The summed E-state index contributed by atoms with van der Waals surface area (Å²) in [5.74, 6) is 2.26. The smallest absolute Gasteiger partial charge is 0.166 e. The predicted octanol–water partition coefficient (Wildman–Crippen LogP) is 17.1. The number of aromatic nitrogens is 8. The van der Waals surface area contributed by atoms with Gasteiger partial charge in [0.15, 0.2) is 23.3 Å². The quantitative estimate of drug-likeness (QED) is 0.172. The Morgan fingerprint density at radius 1 is 0.233 bits per heavy atom. The second kappa shape index (κ2) is 16.8. The second-order valence-corrected chi connectivity index (χ2v) is 20.9.